The fraction of sp³-hybridized carbons (Fsp3) is 0.312. The molecule has 4 rings (SSSR count). The Morgan fingerprint density at radius 3 is 2.82 bits per heavy atom. The van der Waals surface area contributed by atoms with Gasteiger partial charge in [-0.25, -0.2) is 14.1 Å². The molecule has 0 unspecified atom stereocenters. The van der Waals surface area contributed by atoms with E-state index in [9.17, 15) is 4.39 Å². The maximum absolute atomic E-state index is 13.0. The molecule has 2 aromatic heterocycles. The average Bonchev–Trinajstić information content (AvgIpc) is 3.09. The van der Waals surface area contributed by atoms with Gasteiger partial charge >= 0.3 is 0 Å². The van der Waals surface area contributed by atoms with E-state index < -0.39 is 0 Å². The van der Waals surface area contributed by atoms with Gasteiger partial charge in [0.05, 0.1) is 17.6 Å². The Hall–Kier alpha value is -2.08. The lowest BCUT2D eigenvalue weighted by Crippen LogP contribution is -2.07. The van der Waals surface area contributed by atoms with Gasteiger partial charge in [-0.05, 0) is 37.1 Å². The molecule has 0 bridgehead atoms. The molecule has 1 aromatic carbocycles. The molecule has 0 atom stereocenters. The lowest BCUT2D eigenvalue weighted by molar-refractivity contribution is 0.562. The first-order valence-electron chi connectivity index (χ1n) is 7.38. The molecule has 22 heavy (non-hydrogen) atoms. The number of rotatable bonds is 5. The van der Waals surface area contributed by atoms with Crippen LogP contribution in [0.1, 0.15) is 30.1 Å². The van der Waals surface area contributed by atoms with Crippen molar-refractivity contribution in [2.75, 3.05) is 0 Å². The van der Waals surface area contributed by atoms with Crippen LogP contribution in [-0.2, 0) is 13.0 Å². The predicted octanol–water partition coefficient (Wildman–Crippen LogP) is 3.66. The molecule has 3 aromatic rings. The third-order valence-corrected chi connectivity index (χ3v) is 4.81. The van der Waals surface area contributed by atoms with Crippen molar-refractivity contribution in [3.63, 3.8) is 0 Å². The van der Waals surface area contributed by atoms with Crippen molar-refractivity contribution in [1.82, 2.24) is 20.0 Å². The van der Waals surface area contributed by atoms with Gasteiger partial charge in [0.25, 0.3) is 0 Å². The Kier molecular flexibility index (Phi) is 3.46. The maximum Gasteiger partial charge on any atom is 0.123 e. The van der Waals surface area contributed by atoms with Crippen LogP contribution >= 0.6 is 11.3 Å². The number of nitrogens with zero attached hydrogens (tertiary/aromatic N) is 4. The first kappa shape index (κ1) is 13.6. The highest BCUT2D eigenvalue weighted by Crippen LogP contribution is 2.39. The van der Waals surface area contributed by atoms with Crippen molar-refractivity contribution < 1.29 is 4.39 Å². The van der Waals surface area contributed by atoms with Crippen LogP contribution in [0.25, 0.3) is 10.6 Å². The molecule has 0 amide bonds. The Morgan fingerprint density at radius 1 is 1.23 bits per heavy atom. The van der Waals surface area contributed by atoms with E-state index in [0.29, 0.717) is 5.92 Å². The van der Waals surface area contributed by atoms with Gasteiger partial charge in [0.15, 0.2) is 0 Å². The van der Waals surface area contributed by atoms with Gasteiger partial charge in [0, 0.05) is 29.8 Å². The highest BCUT2D eigenvalue weighted by molar-refractivity contribution is 7.13. The van der Waals surface area contributed by atoms with E-state index in [1.165, 1.54) is 30.7 Å². The number of benzene rings is 1. The first-order valence-corrected chi connectivity index (χ1v) is 8.26. The van der Waals surface area contributed by atoms with Crippen LogP contribution in [-0.4, -0.2) is 20.0 Å². The van der Waals surface area contributed by atoms with E-state index in [4.69, 9.17) is 0 Å². The molecule has 1 saturated carbocycles. The molecule has 0 saturated heterocycles. The average molecular weight is 314 g/mol. The van der Waals surface area contributed by atoms with Crippen LogP contribution in [0, 0.1) is 5.82 Å². The number of hydrogen-bond acceptors (Lipinski definition) is 4. The quantitative estimate of drug-likeness (QED) is 0.722. The summed E-state index contributed by atoms with van der Waals surface area (Å²) in [4.78, 5) is 4.63. The van der Waals surface area contributed by atoms with Gasteiger partial charge in [0.2, 0.25) is 0 Å². The van der Waals surface area contributed by atoms with Crippen molar-refractivity contribution in [3.8, 4) is 10.6 Å². The Balaban J connectivity index is 1.45. The lowest BCUT2D eigenvalue weighted by Gasteiger charge is -2.03. The second-order valence-corrected chi connectivity index (χ2v) is 6.42. The van der Waals surface area contributed by atoms with Crippen LogP contribution < -0.4 is 0 Å². The fourth-order valence-corrected chi connectivity index (χ4v) is 3.36. The number of halogens is 1. The predicted molar refractivity (Wildman–Crippen MR) is 83.2 cm³/mol. The van der Waals surface area contributed by atoms with Crippen LogP contribution in [0.5, 0.6) is 0 Å². The highest BCUT2D eigenvalue weighted by atomic mass is 32.1. The molecular formula is C16H15FN4S. The van der Waals surface area contributed by atoms with Crippen molar-refractivity contribution >= 4 is 11.3 Å². The van der Waals surface area contributed by atoms with Gasteiger partial charge in [0.1, 0.15) is 10.8 Å². The standard InChI is InChI=1S/C16H15FN4S/c17-13-5-3-12(4-6-13)16-19-14(10-22-16)7-8-21-15(9-18-20-21)11-1-2-11/h3-6,9-11H,1-2,7-8H2. The summed E-state index contributed by atoms with van der Waals surface area (Å²) in [7, 11) is 0. The fourth-order valence-electron chi connectivity index (χ4n) is 2.50. The minimum absolute atomic E-state index is 0.223. The third kappa shape index (κ3) is 2.78. The molecule has 0 spiro atoms. The van der Waals surface area contributed by atoms with E-state index in [0.717, 1.165) is 29.2 Å². The largest absolute Gasteiger partial charge is 0.249 e. The minimum atomic E-state index is -0.223. The zero-order valence-corrected chi connectivity index (χ0v) is 12.8. The van der Waals surface area contributed by atoms with Crippen molar-refractivity contribution in [3.05, 3.63) is 53.0 Å². The number of aromatic nitrogens is 4. The summed E-state index contributed by atoms with van der Waals surface area (Å²) in [5, 5.41) is 11.2. The van der Waals surface area contributed by atoms with Gasteiger partial charge in [-0.3, -0.25) is 0 Å². The van der Waals surface area contributed by atoms with E-state index in [1.807, 2.05) is 10.9 Å². The highest BCUT2D eigenvalue weighted by Gasteiger charge is 2.27. The van der Waals surface area contributed by atoms with Crippen LogP contribution in [0.2, 0.25) is 0 Å². The summed E-state index contributed by atoms with van der Waals surface area (Å²) in [5.41, 5.74) is 3.24. The van der Waals surface area contributed by atoms with Crippen LogP contribution in [0.3, 0.4) is 0 Å². The molecule has 4 nitrogen and oxygen atoms in total. The monoisotopic (exact) mass is 314 g/mol. The zero-order valence-electron chi connectivity index (χ0n) is 11.9. The summed E-state index contributed by atoms with van der Waals surface area (Å²) in [6.45, 7) is 0.804. The van der Waals surface area contributed by atoms with Gasteiger partial charge in [-0.15, -0.1) is 16.4 Å². The number of thiazole rings is 1. The van der Waals surface area contributed by atoms with Gasteiger partial charge in [-0.1, -0.05) is 5.21 Å². The van der Waals surface area contributed by atoms with Gasteiger partial charge in [-0.2, -0.15) is 0 Å². The number of hydrogen-bond donors (Lipinski definition) is 0. The molecule has 1 aliphatic carbocycles. The molecule has 6 heteroatoms. The smallest absolute Gasteiger partial charge is 0.123 e. The lowest BCUT2D eigenvalue weighted by atomic mass is 10.2. The summed E-state index contributed by atoms with van der Waals surface area (Å²) >= 11 is 1.59. The van der Waals surface area contributed by atoms with Crippen molar-refractivity contribution in [2.24, 2.45) is 0 Å². The van der Waals surface area contributed by atoms with Crippen molar-refractivity contribution in [1.29, 1.82) is 0 Å². The van der Waals surface area contributed by atoms with Crippen LogP contribution in [0.4, 0.5) is 4.39 Å². The van der Waals surface area contributed by atoms with E-state index in [1.54, 1.807) is 23.5 Å². The SMILES string of the molecule is Fc1ccc(-c2nc(CCn3nncc3C3CC3)cs2)cc1. The summed E-state index contributed by atoms with van der Waals surface area (Å²) < 4.78 is 15.0. The Labute approximate surface area is 131 Å². The summed E-state index contributed by atoms with van der Waals surface area (Å²) in [5.74, 6) is 0.430. The molecule has 0 radical (unpaired) electrons. The Bertz CT molecular complexity index is 774. The van der Waals surface area contributed by atoms with E-state index >= 15 is 0 Å². The van der Waals surface area contributed by atoms with Gasteiger partial charge < -0.3 is 0 Å². The second kappa shape index (κ2) is 5.61. The first-order chi connectivity index (χ1) is 10.8. The third-order valence-electron chi connectivity index (χ3n) is 3.87. The van der Waals surface area contributed by atoms with Crippen LogP contribution in [0.15, 0.2) is 35.8 Å². The summed E-state index contributed by atoms with van der Waals surface area (Å²) in [6.07, 6.45) is 5.21. The topological polar surface area (TPSA) is 43.6 Å². The zero-order chi connectivity index (χ0) is 14.9. The summed E-state index contributed by atoms with van der Waals surface area (Å²) in [6, 6.07) is 6.46. The second-order valence-electron chi connectivity index (χ2n) is 5.56. The Morgan fingerprint density at radius 2 is 2.05 bits per heavy atom. The molecule has 0 aliphatic heterocycles. The molecular weight excluding hydrogens is 299 g/mol. The maximum atomic E-state index is 13.0. The number of aryl methyl sites for hydroxylation is 2. The normalized spacial score (nSPS) is 14.4. The molecule has 1 aliphatic rings. The molecule has 1 fully saturated rings. The minimum Gasteiger partial charge on any atom is -0.249 e. The molecule has 0 N–H and O–H groups in total. The molecule has 2 heterocycles. The van der Waals surface area contributed by atoms with E-state index in [2.05, 4.69) is 20.7 Å². The van der Waals surface area contributed by atoms with Crippen molar-refractivity contribution in [2.45, 2.75) is 31.7 Å². The molecule has 112 valence electrons. The van der Waals surface area contributed by atoms with E-state index in [-0.39, 0.29) is 5.82 Å².